The van der Waals surface area contributed by atoms with Crippen molar-refractivity contribution in [3.8, 4) is 6.07 Å². The van der Waals surface area contributed by atoms with E-state index in [9.17, 15) is 9.59 Å². The summed E-state index contributed by atoms with van der Waals surface area (Å²) in [5.74, 6) is -0.939. The summed E-state index contributed by atoms with van der Waals surface area (Å²) in [6.07, 6.45) is 2.11. The second kappa shape index (κ2) is 5.22. The van der Waals surface area contributed by atoms with E-state index in [0.717, 1.165) is 5.57 Å². The van der Waals surface area contributed by atoms with Gasteiger partial charge in [-0.15, -0.1) is 0 Å². The van der Waals surface area contributed by atoms with Gasteiger partial charge in [-0.25, -0.2) is 4.99 Å². The molecule has 3 rings (SSSR count). The number of carbonyl (C=O) groups is 2. The number of aliphatic imine (C=N–C) groups is 1. The molecular weight excluding hydrogens is 284 g/mol. The van der Waals surface area contributed by atoms with E-state index in [1.54, 1.807) is 24.8 Å². The predicted octanol–water partition coefficient (Wildman–Crippen LogP) is 1.18. The van der Waals surface area contributed by atoms with Crippen molar-refractivity contribution in [2.45, 2.75) is 20.3 Å². The van der Waals surface area contributed by atoms with Crippen molar-refractivity contribution >= 4 is 17.5 Å². The molecule has 0 aromatic carbocycles. The Labute approximate surface area is 126 Å². The van der Waals surface area contributed by atoms with Crippen LogP contribution >= 0.6 is 0 Å². The van der Waals surface area contributed by atoms with E-state index in [1.165, 1.54) is 0 Å². The van der Waals surface area contributed by atoms with Crippen LogP contribution < -0.4 is 0 Å². The SMILES string of the molecule is Cc1noc(C)c1C(=O)N1CCC2=NC(=O)C(C#N)C=C2C1. The van der Waals surface area contributed by atoms with Gasteiger partial charge in [-0.3, -0.25) is 9.59 Å². The van der Waals surface area contributed by atoms with E-state index in [-0.39, 0.29) is 5.91 Å². The zero-order valence-electron chi connectivity index (χ0n) is 12.3. The Balaban J connectivity index is 1.85. The van der Waals surface area contributed by atoms with Crippen LogP contribution in [0.1, 0.15) is 28.2 Å². The maximum absolute atomic E-state index is 12.6. The minimum absolute atomic E-state index is 0.151. The maximum Gasteiger partial charge on any atom is 0.267 e. The third-order valence-electron chi connectivity index (χ3n) is 3.90. The molecule has 0 aliphatic carbocycles. The van der Waals surface area contributed by atoms with Crippen molar-refractivity contribution in [1.29, 1.82) is 5.26 Å². The van der Waals surface area contributed by atoms with Gasteiger partial charge in [0, 0.05) is 19.5 Å². The zero-order valence-corrected chi connectivity index (χ0v) is 12.3. The van der Waals surface area contributed by atoms with Crippen molar-refractivity contribution in [3.63, 3.8) is 0 Å². The molecule has 3 heterocycles. The molecule has 0 saturated carbocycles. The standard InChI is InChI=1S/C15H14N4O3/c1-8-13(9(2)22-18-8)15(21)19-4-3-12-11(7-19)5-10(6-16)14(20)17-12/h5,10H,3-4,7H2,1-2H3. The molecule has 2 aliphatic heterocycles. The summed E-state index contributed by atoms with van der Waals surface area (Å²) in [5.41, 5.74) is 2.49. The van der Waals surface area contributed by atoms with Crippen LogP contribution in [0.25, 0.3) is 0 Å². The van der Waals surface area contributed by atoms with Gasteiger partial charge in [0.25, 0.3) is 11.8 Å². The molecule has 22 heavy (non-hydrogen) atoms. The van der Waals surface area contributed by atoms with E-state index < -0.39 is 11.8 Å². The molecule has 0 bridgehead atoms. The summed E-state index contributed by atoms with van der Waals surface area (Å²) in [5, 5.41) is 12.8. The Morgan fingerprint density at radius 3 is 2.91 bits per heavy atom. The number of nitrogens with zero attached hydrogens (tertiary/aromatic N) is 4. The van der Waals surface area contributed by atoms with Gasteiger partial charge in [-0.1, -0.05) is 11.2 Å². The van der Waals surface area contributed by atoms with E-state index >= 15 is 0 Å². The lowest BCUT2D eigenvalue weighted by Gasteiger charge is -2.31. The van der Waals surface area contributed by atoms with Gasteiger partial charge in [0.15, 0.2) is 0 Å². The summed E-state index contributed by atoms with van der Waals surface area (Å²) >= 11 is 0. The van der Waals surface area contributed by atoms with Crippen molar-refractivity contribution in [1.82, 2.24) is 10.1 Å². The first-order valence-electron chi connectivity index (χ1n) is 6.95. The van der Waals surface area contributed by atoms with Crippen LogP contribution in [0.4, 0.5) is 0 Å². The smallest absolute Gasteiger partial charge is 0.267 e. The second-order valence-corrected chi connectivity index (χ2v) is 5.37. The molecule has 0 spiro atoms. The number of dihydropyridines is 1. The fraction of sp³-hybridized carbons (Fsp3) is 0.400. The number of hydrogen-bond donors (Lipinski definition) is 0. The first kappa shape index (κ1) is 14.2. The van der Waals surface area contributed by atoms with Gasteiger partial charge in [-0.05, 0) is 19.4 Å². The second-order valence-electron chi connectivity index (χ2n) is 5.37. The largest absolute Gasteiger partial charge is 0.361 e. The molecule has 1 fully saturated rings. The quantitative estimate of drug-likeness (QED) is 0.775. The van der Waals surface area contributed by atoms with Crippen LogP contribution in [0.15, 0.2) is 21.2 Å². The first-order valence-corrected chi connectivity index (χ1v) is 6.95. The minimum atomic E-state index is -0.854. The molecule has 7 nitrogen and oxygen atoms in total. The Hall–Kier alpha value is -2.75. The van der Waals surface area contributed by atoms with E-state index in [1.807, 2.05) is 6.07 Å². The van der Waals surface area contributed by atoms with E-state index in [2.05, 4.69) is 10.1 Å². The third-order valence-corrected chi connectivity index (χ3v) is 3.90. The topological polar surface area (TPSA) is 99.6 Å². The van der Waals surface area contributed by atoms with Crippen LogP contribution in [0, 0.1) is 31.1 Å². The number of fused-ring (bicyclic) bond motifs is 1. The van der Waals surface area contributed by atoms with Gasteiger partial charge < -0.3 is 9.42 Å². The number of aromatic nitrogens is 1. The molecule has 0 N–H and O–H groups in total. The normalized spacial score (nSPS) is 20.9. The van der Waals surface area contributed by atoms with Crippen molar-refractivity contribution in [3.05, 3.63) is 28.7 Å². The van der Waals surface area contributed by atoms with Gasteiger partial charge >= 0.3 is 0 Å². The first-order chi connectivity index (χ1) is 10.5. The lowest BCUT2D eigenvalue weighted by Crippen LogP contribution is -2.42. The van der Waals surface area contributed by atoms with Gasteiger partial charge in [0.05, 0.1) is 17.5 Å². The summed E-state index contributed by atoms with van der Waals surface area (Å²) < 4.78 is 5.04. The van der Waals surface area contributed by atoms with Gasteiger partial charge in [-0.2, -0.15) is 5.26 Å². The van der Waals surface area contributed by atoms with Gasteiger partial charge in [0.1, 0.15) is 17.2 Å². The number of likely N-dealkylation sites (tertiary alicyclic amines) is 1. The van der Waals surface area contributed by atoms with Crippen LogP contribution in [0.5, 0.6) is 0 Å². The highest BCUT2D eigenvalue weighted by molar-refractivity contribution is 6.12. The predicted molar refractivity (Wildman–Crippen MR) is 76.1 cm³/mol. The number of amides is 2. The fourth-order valence-corrected chi connectivity index (χ4v) is 2.74. The molecular formula is C15H14N4O3. The van der Waals surface area contributed by atoms with Crippen molar-refractivity contribution in [2.75, 3.05) is 13.1 Å². The summed E-state index contributed by atoms with van der Waals surface area (Å²) in [4.78, 5) is 29.9. The van der Waals surface area contributed by atoms with Crippen LogP contribution in [0.2, 0.25) is 0 Å². The molecule has 1 unspecified atom stereocenters. The number of hydrogen-bond acceptors (Lipinski definition) is 5. The lowest BCUT2D eigenvalue weighted by molar-refractivity contribution is -0.119. The molecule has 1 aromatic heterocycles. The number of piperidine rings is 1. The summed E-state index contributed by atoms with van der Waals surface area (Å²) in [7, 11) is 0. The van der Waals surface area contributed by atoms with Crippen LogP contribution in [-0.2, 0) is 4.79 Å². The minimum Gasteiger partial charge on any atom is -0.361 e. The van der Waals surface area contributed by atoms with Crippen LogP contribution in [-0.4, -0.2) is 40.7 Å². The molecule has 112 valence electrons. The average Bonchev–Trinajstić information content (AvgIpc) is 2.84. The molecule has 2 aliphatic rings. The van der Waals surface area contributed by atoms with E-state index in [4.69, 9.17) is 9.78 Å². The lowest BCUT2D eigenvalue weighted by atomic mass is 9.93. The Morgan fingerprint density at radius 1 is 1.50 bits per heavy atom. The molecule has 1 aromatic rings. The monoisotopic (exact) mass is 298 g/mol. The molecule has 7 heteroatoms. The maximum atomic E-state index is 12.6. The Bertz CT molecular complexity index is 747. The highest BCUT2D eigenvalue weighted by atomic mass is 16.5. The third kappa shape index (κ3) is 2.22. The van der Waals surface area contributed by atoms with E-state index in [0.29, 0.717) is 42.2 Å². The Morgan fingerprint density at radius 2 is 2.27 bits per heavy atom. The summed E-state index contributed by atoms with van der Waals surface area (Å²) in [6, 6.07) is 1.92. The van der Waals surface area contributed by atoms with Crippen molar-refractivity contribution in [2.24, 2.45) is 10.9 Å². The van der Waals surface area contributed by atoms with Crippen molar-refractivity contribution < 1.29 is 14.1 Å². The zero-order chi connectivity index (χ0) is 15.9. The molecule has 2 amide bonds. The Kier molecular flexibility index (Phi) is 3.37. The highest BCUT2D eigenvalue weighted by Crippen LogP contribution is 2.24. The molecule has 1 saturated heterocycles. The van der Waals surface area contributed by atoms with Crippen LogP contribution in [0.3, 0.4) is 0 Å². The highest BCUT2D eigenvalue weighted by Gasteiger charge is 2.32. The number of rotatable bonds is 1. The van der Waals surface area contributed by atoms with Gasteiger partial charge in [0.2, 0.25) is 0 Å². The molecule has 0 radical (unpaired) electrons. The number of aryl methyl sites for hydroxylation is 2. The summed E-state index contributed by atoms with van der Waals surface area (Å²) in [6.45, 7) is 4.25. The average molecular weight is 298 g/mol. The fourth-order valence-electron chi connectivity index (χ4n) is 2.74. The number of carbonyl (C=O) groups excluding carboxylic acids is 2. The molecule has 1 atom stereocenters. The number of nitriles is 1.